The van der Waals surface area contributed by atoms with E-state index in [9.17, 15) is 10.2 Å². The molecule has 0 spiro atoms. The Bertz CT molecular complexity index is 378. The molecule has 2 fully saturated rings. The summed E-state index contributed by atoms with van der Waals surface area (Å²) in [5.74, 6) is 0.0202. The third kappa shape index (κ3) is 4.65. The molecule has 23 heavy (non-hydrogen) atoms. The molecule has 2 rings (SSSR count). The van der Waals surface area contributed by atoms with Crippen LogP contribution in [0, 0.1) is 5.92 Å². The first-order valence-electron chi connectivity index (χ1n) is 8.77. The summed E-state index contributed by atoms with van der Waals surface area (Å²) in [6.45, 7) is 10.7. The van der Waals surface area contributed by atoms with Crippen LogP contribution in [0.5, 0.6) is 0 Å². The summed E-state index contributed by atoms with van der Waals surface area (Å²) in [5, 5.41) is 23.9. The van der Waals surface area contributed by atoms with Crippen molar-refractivity contribution in [1.29, 1.82) is 0 Å². The van der Waals surface area contributed by atoms with Gasteiger partial charge in [-0.25, -0.2) is 0 Å². The molecule has 2 saturated heterocycles. The van der Waals surface area contributed by atoms with Gasteiger partial charge < -0.3 is 25.0 Å². The zero-order valence-electron chi connectivity index (χ0n) is 15.2. The minimum Gasteiger partial charge on any atom is -0.391 e. The largest absolute Gasteiger partial charge is 0.391 e. The standard InChI is InChI=1S/C17H34N2O4/c1-11(2)22-10-14-16(21)12(8-19(14)5)17(3,4)23-9-13-15(20)6-7-18-13/h11-16,18,20-21H,6-10H2,1-5H3. The summed E-state index contributed by atoms with van der Waals surface area (Å²) in [5.41, 5.74) is -0.454. The second-order valence-electron chi connectivity index (χ2n) is 7.82. The Labute approximate surface area is 140 Å². The highest BCUT2D eigenvalue weighted by Gasteiger charge is 2.47. The van der Waals surface area contributed by atoms with Gasteiger partial charge in [-0.15, -0.1) is 0 Å². The van der Waals surface area contributed by atoms with Crippen molar-refractivity contribution < 1.29 is 19.7 Å². The van der Waals surface area contributed by atoms with E-state index in [0.717, 1.165) is 19.5 Å². The van der Waals surface area contributed by atoms with Gasteiger partial charge in [-0.2, -0.15) is 0 Å². The van der Waals surface area contributed by atoms with E-state index in [1.54, 1.807) is 0 Å². The van der Waals surface area contributed by atoms with E-state index < -0.39 is 11.7 Å². The predicted molar refractivity (Wildman–Crippen MR) is 89.4 cm³/mol. The molecule has 5 atom stereocenters. The number of ether oxygens (including phenoxy) is 2. The summed E-state index contributed by atoms with van der Waals surface area (Å²) in [6, 6.07) is -0.00825. The SMILES string of the molecule is CC(C)OCC1C(O)C(C(C)(C)OCC2NCCC2O)CN1C. The third-order valence-corrected chi connectivity index (χ3v) is 5.30. The highest BCUT2D eigenvalue weighted by Crippen LogP contribution is 2.34. The molecule has 2 heterocycles. The molecular formula is C17H34N2O4. The summed E-state index contributed by atoms with van der Waals surface area (Å²) in [7, 11) is 2.02. The number of rotatable bonds is 7. The van der Waals surface area contributed by atoms with Crippen LogP contribution in [0.3, 0.4) is 0 Å². The second kappa shape index (κ2) is 7.76. The minimum atomic E-state index is -0.477. The molecule has 0 aliphatic carbocycles. The van der Waals surface area contributed by atoms with Gasteiger partial charge in [-0.1, -0.05) is 0 Å². The first kappa shape index (κ1) is 19.1. The molecule has 5 unspecified atom stereocenters. The lowest BCUT2D eigenvalue weighted by atomic mass is 9.86. The fourth-order valence-corrected chi connectivity index (χ4v) is 3.57. The lowest BCUT2D eigenvalue weighted by Crippen LogP contribution is -2.46. The molecule has 2 aliphatic heterocycles. The Morgan fingerprint density at radius 2 is 1.96 bits per heavy atom. The molecule has 0 saturated carbocycles. The molecule has 0 radical (unpaired) electrons. The molecule has 6 heteroatoms. The van der Waals surface area contributed by atoms with Crippen molar-refractivity contribution in [2.75, 3.05) is 33.4 Å². The van der Waals surface area contributed by atoms with E-state index in [-0.39, 0.29) is 30.2 Å². The van der Waals surface area contributed by atoms with Crippen LogP contribution in [0.15, 0.2) is 0 Å². The maximum Gasteiger partial charge on any atom is 0.0785 e. The highest BCUT2D eigenvalue weighted by molar-refractivity contribution is 4.99. The first-order valence-corrected chi connectivity index (χ1v) is 8.77. The molecule has 3 N–H and O–H groups in total. The van der Waals surface area contributed by atoms with Gasteiger partial charge in [0, 0.05) is 12.5 Å². The zero-order valence-corrected chi connectivity index (χ0v) is 15.2. The predicted octanol–water partition coefficient (Wildman–Crippen LogP) is 0.221. The zero-order chi connectivity index (χ0) is 17.2. The summed E-state index contributed by atoms with van der Waals surface area (Å²) in [4.78, 5) is 2.16. The molecule has 0 aromatic carbocycles. The average molecular weight is 330 g/mol. The van der Waals surface area contributed by atoms with Gasteiger partial charge in [0.05, 0.1) is 49.2 Å². The van der Waals surface area contributed by atoms with Gasteiger partial charge in [0.2, 0.25) is 0 Å². The monoisotopic (exact) mass is 330 g/mol. The van der Waals surface area contributed by atoms with Crippen molar-refractivity contribution in [2.45, 2.75) is 70.1 Å². The van der Waals surface area contributed by atoms with E-state index >= 15 is 0 Å². The molecule has 0 amide bonds. The Hall–Kier alpha value is -0.240. The van der Waals surface area contributed by atoms with Crippen LogP contribution < -0.4 is 5.32 Å². The lowest BCUT2D eigenvalue weighted by Gasteiger charge is -2.35. The van der Waals surface area contributed by atoms with Crippen molar-refractivity contribution in [2.24, 2.45) is 5.92 Å². The van der Waals surface area contributed by atoms with Crippen molar-refractivity contribution in [3.05, 3.63) is 0 Å². The number of likely N-dealkylation sites (N-methyl/N-ethyl adjacent to an activating group) is 1. The van der Waals surface area contributed by atoms with Gasteiger partial charge >= 0.3 is 0 Å². The first-order chi connectivity index (χ1) is 10.7. The Balaban J connectivity index is 1.90. The van der Waals surface area contributed by atoms with Crippen LogP contribution in [0.25, 0.3) is 0 Å². The molecular weight excluding hydrogens is 296 g/mol. The smallest absolute Gasteiger partial charge is 0.0785 e. The van der Waals surface area contributed by atoms with Gasteiger partial charge in [0.25, 0.3) is 0 Å². The van der Waals surface area contributed by atoms with Crippen molar-refractivity contribution in [3.63, 3.8) is 0 Å². The van der Waals surface area contributed by atoms with E-state index in [1.807, 2.05) is 34.7 Å². The summed E-state index contributed by atoms with van der Waals surface area (Å²) >= 11 is 0. The molecule has 6 nitrogen and oxygen atoms in total. The number of aliphatic hydroxyl groups is 2. The number of hydrogen-bond acceptors (Lipinski definition) is 6. The fraction of sp³-hybridized carbons (Fsp3) is 1.00. The van der Waals surface area contributed by atoms with Crippen LogP contribution in [-0.4, -0.2) is 84.5 Å². The number of hydrogen-bond donors (Lipinski definition) is 3. The fourth-order valence-electron chi connectivity index (χ4n) is 3.57. The maximum atomic E-state index is 10.7. The van der Waals surface area contributed by atoms with E-state index in [0.29, 0.717) is 13.2 Å². The van der Waals surface area contributed by atoms with Crippen LogP contribution in [0.2, 0.25) is 0 Å². The maximum absolute atomic E-state index is 10.7. The molecule has 0 bridgehead atoms. The average Bonchev–Trinajstić information content (AvgIpc) is 2.99. The van der Waals surface area contributed by atoms with Crippen LogP contribution in [0.1, 0.15) is 34.1 Å². The Morgan fingerprint density at radius 3 is 2.52 bits per heavy atom. The Kier molecular flexibility index (Phi) is 6.44. The highest BCUT2D eigenvalue weighted by atomic mass is 16.5. The van der Waals surface area contributed by atoms with Gasteiger partial charge in [-0.05, 0) is 47.7 Å². The number of likely N-dealkylation sites (tertiary alicyclic amines) is 1. The van der Waals surface area contributed by atoms with Gasteiger partial charge in [-0.3, -0.25) is 4.90 Å². The number of nitrogens with zero attached hydrogens (tertiary/aromatic N) is 1. The van der Waals surface area contributed by atoms with Gasteiger partial charge in [0.15, 0.2) is 0 Å². The topological polar surface area (TPSA) is 74.2 Å². The Morgan fingerprint density at radius 1 is 1.26 bits per heavy atom. The molecule has 2 aliphatic rings. The van der Waals surface area contributed by atoms with Crippen molar-refractivity contribution >= 4 is 0 Å². The van der Waals surface area contributed by atoms with Crippen LogP contribution in [0.4, 0.5) is 0 Å². The van der Waals surface area contributed by atoms with Gasteiger partial charge in [0.1, 0.15) is 0 Å². The quantitative estimate of drug-likeness (QED) is 0.620. The minimum absolute atomic E-state index is 0.000436. The molecule has 136 valence electrons. The normalized spacial score (nSPS) is 36.3. The lowest BCUT2D eigenvalue weighted by molar-refractivity contribution is -0.0991. The van der Waals surface area contributed by atoms with E-state index in [4.69, 9.17) is 9.47 Å². The second-order valence-corrected chi connectivity index (χ2v) is 7.82. The summed E-state index contributed by atoms with van der Waals surface area (Å²) in [6.07, 6.45) is 0.121. The van der Waals surface area contributed by atoms with Crippen LogP contribution >= 0.6 is 0 Å². The number of nitrogens with one attached hydrogen (secondary N) is 1. The molecule has 0 aromatic heterocycles. The molecule has 0 aromatic rings. The van der Waals surface area contributed by atoms with E-state index in [1.165, 1.54) is 0 Å². The van der Waals surface area contributed by atoms with Crippen molar-refractivity contribution in [3.8, 4) is 0 Å². The number of aliphatic hydroxyl groups excluding tert-OH is 2. The van der Waals surface area contributed by atoms with Crippen LogP contribution in [-0.2, 0) is 9.47 Å². The van der Waals surface area contributed by atoms with E-state index in [2.05, 4.69) is 10.2 Å². The summed E-state index contributed by atoms with van der Waals surface area (Å²) < 4.78 is 11.8. The van der Waals surface area contributed by atoms with Crippen molar-refractivity contribution in [1.82, 2.24) is 10.2 Å². The third-order valence-electron chi connectivity index (χ3n) is 5.30.